The molecule has 4 N–H and O–H groups in total. The highest BCUT2D eigenvalue weighted by molar-refractivity contribution is 7.93. The SMILES string of the molecule is COc1cn(O)c2nccc-2c1C(=O)c1ncc(Cl)cc1NS(=O)(=O)c1ccc(C)c(C(F)(F)F)c1.COc1cnc2[nH]ccc2c1C(=O)c1ncc(Cl)cc1NS(=O)(=O)c1ccc(C)c(C(F)(F)F)c1. The number of aromatic amines is 1. The molecule has 2 aliphatic heterocycles. The zero-order chi connectivity index (χ0) is 52.0. The maximum absolute atomic E-state index is 13.5. The lowest BCUT2D eigenvalue weighted by Crippen LogP contribution is -2.19. The fourth-order valence-electron chi connectivity index (χ4n) is 7.03. The van der Waals surface area contributed by atoms with E-state index in [1.165, 1.54) is 46.5 Å². The van der Waals surface area contributed by atoms with Crippen LogP contribution in [0.1, 0.15) is 54.4 Å². The van der Waals surface area contributed by atoms with E-state index in [0.29, 0.717) is 27.9 Å². The number of anilines is 2. The molecule has 0 atom stereocenters. The molecule has 370 valence electrons. The molecule has 0 amide bonds. The third-order valence-corrected chi connectivity index (χ3v) is 13.5. The number of benzene rings is 2. The minimum atomic E-state index is -4.78. The van der Waals surface area contributed by atoms with Crippen molar-refractivity contribution < 1.29 is 67.4 Å². The molecule has 8 rings (SSSR count). The quantitative estimate of drug-likeness (QED) is 0.0507. The largest absolute Gasteiger partial charge is 0.494 e. The predicted octanol–water partition coefficient (Wildman–Crippen LogP) is 9.62. The number of hydrogen-bond donors (Lipinski definition) is 4. The van der Waals surface area contributed by atoms with E-state index in [9.17, 15) is 58.0 Å². The molecule has 6 heterocycles. The van der Waals surface area contributed by atoms with Crippen molar-refractivity contribution in [3.63, 3.8) is 0 Å². The predicted molar refractivity (Wildman–Crippen MR) is 245 cm³/mol. The van der Waals surface area contributed by atoms with E-state index in [0.717, 1.165) is 55.0 Å². The van der Waals surface area contributed by atoms with Crippen LogP contribution in [0, 0.1) is 13.8 Å². The van der Waals surface area contributed by atoms with Gasteiger partial charge in [-0.2, -0.15) is 31.1 Å². The van der Waals surface area contributed by atoms with Gasteiger partial charge < -0.3 is 19.7 Å². The summed E-state index contributed by atoms with van der Waals surface area (Å²) >= 11 is 12.0. The fourth-order valence-corrected chi connectivity index (χ4v) is 9.51. The molecule has 0 saturated carbocycles. The summed E-state index contributed by atoms with van der Waals surface area (Å²) in [6.07, 6.45) is -1.99. The summed E-state index contributed by atoms with van der Waals surface area (Å²) in [7, 11) is -6.59. The number of ether oxygens (including phenoxy) is 2. The topological polar surface area (TPSA) is 237 Å². The third-order valence-electron chi connectivity index (χ3n) is 10.4. The number of aryl methyl sites for hydroxylation is 2. The van der Waals surface area contributed by atoms with Crippen LogP contribution in [0.4, 0.5) is 37.7 Å². The number of H-pyrrole nitrogens is 1. The van der Waals surface area contributed by atoms with Crippen LogP contribution in [-0.4, -0.2) is 77.5 Å². The third kappa shape index (κ3) is 10.5. The number of pyridine rings is 4. The number of halogens is 8. The first-order chi connectivity index (χ1) is 33.2. The number of ketones is 2. The van der Waals surface area contributed by atoms with E-state index < -0.39 is 70.6 Å². The molecule has 0 fully saturated rings. The minimum Gasteiger partial charge on any atom is -0.494 e. The first-order valence-corrected chi connectivity index (χ1v) is 23.5. The van der Waals surface area contributed by atoms with Gasteiger partial charge in [-0.3, -0.25) is 19.0 Å². The Balaban J connectivity index is 0.000000209. The van der Waals surface area contributed by atoms with Crippen molar-refractivity contribution in [2.24, 2.45) is 0 Å². The number of aromatic nitrogens is 6. The fraction of sp³-hybridized carbons (Fsp3) is 0.136. The molecule has 0 bridgehead atoms. The Morgan fingerprint density at radius 3 is 1.65 bits per heavy atom. The number of sulfonamides is 2. The molecule has 0 saturated heterocycles. The Hall–Kier alpha value is -7.48. The first kappa shape index (κ1) is 51.4. The van der Waals surface area contributed by atoms with Gasteiger partial charge in [-0.15, -0.1) is 0 Å². The zero-order valence-corrected chi connectivity index (χ0v) is 39.7. The first-order valence-electron chi connectivity index (χ1n) is 19.8. The van der Waals surface area contributed by atoms with Crippen molar-refractivity contribution in [1.82, 2.24) is 29.7 Å². The van der Waals surface area contributed by atoms with Gasteiger partial charge >= 0.3 is 12.4 Å². The number of carbonyl (C=O) groups excluding carboxylic acids is 2. The average Bonchev–Trinajstić information content (AvgIpc) is 3.99. The smallest absolute Gasteiger partial charge is 0.416 e. The Morgan fingerprint density at radius 2 is 1.17 bits per heavy atom. The minimum absolute atomic E-state index is 0.00683. The van der Waals surface area contributed by atoms with E-state index >= 15 is 0 Å². The zero-order valence-electron chi connectivity index (χ0n) is 36.5. The van der Waals surface area contributed by atoms with Crippen LogP contribution >= 0.6 is 23.2 Å². The number of nitrogens with one attached hydrogen (secondary N) is 3. The van der Waals surface area contributed by atoms with Gasteiger partial charge in [0.25, 0.3) is 20.0 Å². The van der Waals surface area contributed by atoms with Gasteiger partial charge in [0.2, 0.25) is 11.6 Å². The maximum atomic E-state index is 13.5. The van der Waals surface area contributed by atoms with Gasteiger partial charge in [-0.25, -0.2) is 36.8 Å². The lowest BCUT2D eigenvalue weighted by Gasteiger charge is -2.17. The van der Waals surface area contributed by atoms with Gasteiger partial charge in [0.15, 0.2) is 11.6 Å². The van der Waals surface area contributed by atoms with Gasteiger partial charge in [-0.05, 0) is 73.5 Å². The highest BCUT2D eigenvalue weighted by Gasteiger charge is 2.36. The van der Waals surface area contributed by atoms with E-state index in [1.807, 2.05) is 0 Å². The normalized spacial score (nSPS) is 12.1. The lowest BCUT2D eigenvalue weighted by molar-refractivity contribution is -0.139. The second-order valence-electron chi connectivity index (χ2n) is 15.0. The second kappa shape index (κ2) is 19.4. The van der Waals surface area contributed by atoms with E-state index in [1.54, 1.807) is 12.3 Å². The molecule has 4 aromatic heterocycles. The van der Waals surface area contributed by atoms with Crippen molar-refractivity contribution in [2.45, 2.75) is 36.0 Å². The maximum Gasteiger partial charge on any atom is 0.416 e. The summed E-state index contributed by atoms with van der Waals surface area (Å²) in [5.74, 6) is -1.47. The van der Waals surface area contributed by atoms with Crippen LogP contribution in [0.3, 0.4) is 0 Å². The van der Waals surface area contributed by atoms with Crippen molar-refractivity contribution in [3.8, 4) is 22.9 Å². The number of methoxy groups -OCH3 is 2. The van der Waals surface area contributed by atoms with E-state index in [-0.39, 0.29) is 72.3 Å². The molecule has 6 aromatic rings. The van der Waals surface area contributed by atoms with Crippen LogP contribution in [0.15, 0.2) is 108 Å². The molecular formula is C44H32Cl2F6N8O9S2. The Kier molecular flexibility index (Phi) is 14.0. The van der Waals surface area contributed by atoms with Crippen molar-refractivity contribution in [1.29, 1.82) is 0 Å². The molecule has 0 unspecified atom stereocenters. The number of nitrogens with zero attached hydrogens (tertiary/aromatic N) is 5. The van der Waals surface area contributed by atoms with Crippen LogP contribution in [0.2, 0.25) is 10.0 Å². The summed E-state index contributed by atoms with van der Waals surface area (Å²) in [5.41, 5.74) is -3.44. The van der Waals surface area contributed by atoms with Crippen LogP contribution in [0.25, 0.3) is 22.4 Å². The number of rotatable bonds is 12. The molecule has 2 aromatic carbocycles. The lowest BCUT2D eigenvalue weighted by atomic mass is 10.0. The average molecular weight is 1070 g/mol. The summed E-state index contributed by atoms with van der Waals surface area (Å²) < 4.78 is 147. The van der Waals surface area contributed by atoms with Gasteiger partial charge in [0, 0.05) is 35.7 Å². The summed E-state index contributed by atoms with van der Waals surface area (Å²) in [5, 5.41) is 10.4. The van der Waals surface area contributed by atoms with Gasteiger partial charge in [0.05, 0.1) is 80.1 Å². The number of hydrogen-bond acceptors (Lipinski definition) is 13. The van der Waals surface area contributed by atoms with E-state index in [4.69, 9.17) is 32.7 Å². The second-order valence-corrected chi connectivity index (χ2v) is 19.2. The molecule has 0 radical (unpaired) electrons. The molecular weight excluding hydrogens is 1030 g/mol. The monoisotopic (exact) mass is 1060 g/mol. The Labute approximate surface area is 407 Å². The van der Waals surface area contributed by atoms with Crippen molar-refractivity contribution >= 4 is 77.2 Å². The number of alkyl halides is 6. The standard InChI is InChI=1S/C22H16ClF3N4O5S.C22H16ClF3N4O4S/c1-11-3-4-13(8-15(11)22(24,25)26)36(33,34)29-16-7-12(23)9-28-19(16)20(31)18-14-5-6-27-21(14)30(32)10-17(18)35-2;1-11-3-4-13(8-15(11)22(24,25)26)35(32,33)30-16-7-12(23)9-28-19(16)20(31)18-14-5-6-27-21(14)29-10-17(18)34-2/h3-10,29,32H,1-2H3;3-10,30H,1-2H3,(H,27,29). The highest BCUT2D eigenvalue weighted by atomic mass is 35.5. The molecule has 17 nitrogen and oxygen atoms in total. The van der Waals surface area contributed by atoms with Gasteiger partial charge in [-0.1, -0.05) is 35.3 Å². The van der Waals surface area contributed by atoms with Crippen LogP contribution in [-0.2, 0) is 32.4 Å². The number of fused-ring (bicyclic) bond motifs is 2. The summed E-state index contributed by atoms with van der Waals surface area (Å²) in [6, 6.07) is 10.4. The Morgan fingerprint density at radius 1 is 0.676 bits per heavy atom. The van der Waals surface area contributed by atoms with E-state index in [2.05, 4.69) is 34.4 Å². The summed E-state index contributed by atoms with van der Waals surface area (Å²) in [4.78, 5) is 44.6. The molecule has 0 aliphatic carbocycles. The van der Waals surface area contributed by atoms with Crippen LogP contribution < -0.4 is 18.9 Å². The highest BCUT2D eigenvalue weighted by Crippen LogP contribution is 2.38. The summed E-state index contributed by atoms with van der Waals surface area (Å²) in [6.45, 7) is 2.42. The molecule has 27 heteroatoms. The molecule has 0 spiro atoms. The van der Waals surface area contributed by atoms with Gasteiger partial charge in [0.1, 0.15) is 22.8 Å². The van der Waals surface area contributed by atoms with Crippen molar-refractivity contribution in [3.05, 3.63) is 153 Å². The molecule has 71 heavy (non-hydrogen) atoms. The molecule has 2 aliphatic rings. The van der Waals surface area contributed by atoms with Crippen molar-refractivity contribution in [2.75, 3.05) is 23.7 Å². The van der Waals surface area contributed by atoms with Crippen LogP contribution in [0.5, 0.6) is 11.5 Å². The Bertz CT molecular complexity index is 3610. The number of carbonyl (C=O) groups is 2.